The lowest BCUT2D eigenvalue weighted by Crippen LogP contribution is -2.91. The van der Waals surface area contributed by atoms with E-state index in [1.54, 1.807) is 11.3 Å². The first-order chi connectivity index (χ1) is 8.65. The van der Waals surface area contributed by atoms with Crippen LogP contribution in [0.1, 0.15) is 42.7 Å². The van der Waals surface area contributed by atoms with Gasteiger partial charge in [-0.2, -0.15) is 0 Å². The van der Waals surface area contributed by atoms with Crippen LogP contribution in [0.5, 0.6) is 0 Å². The van der Waals surface area contributed by atoms with Gasteiger partial charge in [-0.15, -0.1) is 11.3 Å². The number of carbonyl (C=O) groups is 1. The van der Waals surface area contributed by atoms with Crippen molar-refractivity contribution in [3.63, 3.8) is 0 Å². The molecule has 0 aromatic carbocycles. The number of rotatable bonds is 4. The fourth-order valence-electron chi connectivity index (χ4n) is 2.34. The zero-order chi connectivity index (χ0) is 13.0. The van der Waals surface area contributed by atoms with Crippen LogP contribution in [0.15, 0.2) is 0 Å². The minimum atomic E-state index is 0.0642. The molecule has 3 N–H and O–H groups in total. The monoisotopic (exact) mass is 268 g/mol. The van der Waals surface area contributed by atoms with Crippen molar-refractivity contribution in [2.45, 2.75) is 52.0 Å². The maximum Gasteiger partial charge on any atom is 0.281 e. The molecule has 1 aliphatic carbocycles. The van der Waals surface area contributed by atoms with Crippen molar-refractivity contribution in [3.05, 3.63) is 10.6 Å². The number of nitrogens with one attached hydrogen (secondary N) is 1. The van der Waals surface area contributed by atoms with E-state index in [-0.39, 0.29) is 5.91 Å². The summed E-state index contributed by atoms with van der Waals surface area (Å²) in [6.45, 7) is 4.51. The molecule has 100 valence electrons. The molecule has 1 fully saturated rings. The second-order valence-corrected chi connectivity index (χ2v) is 6.25. The summed E-state index contributed by atoms with van der Waals surface area (Å²) in [5.41, 5.74) is 1.01. The summed E-state index contributed by atoms with van der Waals surface area (Å²) in [5, 5.41) is 5.79. The summed E-state index contributed by atoms with van der Waals surface area (Å²) in [5.74, 6) is 0.0642. The molecule has 1 heterocycles. The van der Waals surface area contributed by atoms with Gasteiger partial charge in [0.2, 0.25) is 0 Å². The number of anilines is 1. The average molecular weight is 268 g/mol. The van der Waals surface area contributed by atoms with Gasteiger partial charge in [-0.1, -0.05) is 6.42 Å². The molecule has 1 aromatic rings. The van der Waals surface area contributed by atoms with Gasteiger partial charge < -0.3 is 5.32 Å². The number of hydrogen-bond acceptors (Lipinski definition) is 3. The molecule has 1 aromatic heterocycles. The minimum Gasteiger partial charge on any atom is -0.336 e. The molecule has 0 unspecified atom stereocenters. The fraction of sp³-hybridized carbons (Fsp3) is 0.692. The molecule has 0 aliphatic heterocycles. The summed E-state index contributed by atoms with van der Waals surface area (Å²) in [6.07, 6.45) is 6.49. The zero-order valence-electron chi connectivity index (χ0n) is 11.2. The van der Waals surface area contributed by atoms with Crippen LogP contribution < -0.4 is 10.6 Å². The van der Waals surface area contributed by atoms with E-state index in [1.165, 1.54) is 37.0 Å². The third-order valence-corrected chi connectivity index (χ3v) is 4.55. The normalized spacial score (nSPS) is 16.8. The van der Waals surface area contributed by atoms with Gasteiger partial charge in [-0.3, -0.25) is 10.1 Å². The molecule has 1 aliphatic rings. The van der Waals surface area contributed by atoms with Gasteiger partial charge in [0, 0.05) is 4.88 Å². The molecule has 0 radical (unpaired) electrons. The van der Waals surface area contributed by atoms with Gasteiger partial charge in [0.05, 0.1) is 11.7 Å². The number of quaternary nitrogens is 1. The Balaban J connectivity index is 1.74. The van der Waals surface area contributed by atoms with Crippen LogP contribution >= 0.6 is 11.3 Å². The van der Waals surface area contributed by atoms with Crippen molar-refractivity contribution in [1.29, 1.82) is 0 Å². The molecule has 0 atom stereocenters. The van der Waals surface area contributed by atoms with Crippen LogP contribution in [0.2, 0.25) is 0 Å². The van der Waals surface area contributed by atoms with Gasteiger partial charge in [-0.05, 0) is 39.5 Å². The van der Waals surface area contributed by atoms with Crippen LogP contribution in [0.25, 0.3) is 0 Å². The van der Waals surface area contributed by atoms with E-state index in [2.05, 4.69) is 15.6 Å². The van der Waals surface area contributed by atoms with Gasteiger partial charge in [0.1, 0.15) is 0 Å². The lowest BCUT2D eigenvalue weighted by Gasteiger charge is -2.19. The quantitative estimate of drug-likeness (QED) is 0.871. The van der Waals surface area contributed by atoms with Gasteiger partial charge in [0.15, 0.2) is 11.7 Å². The fourth-order valence-corrected chi connectivity index (χ4v) is 3.17. The summed E-state index contributed by atoms with van der Waals surface area (Å²) in [4.78, 5) is 17.3. The second kappa shape index (κ2) is 6.29. The summed E-state index contributed by atoms with van der Waals surface area (Å²) in [6, 6.07) is 0.643. The SMILES string of the molecule is Cc1nc(NC(=O)C[NH2+]C2CCCCC2)sc1C. The first-order valence-electron chi connectivity index (χ1n) is 6.72. The van der Waals surface area contributed by atoms with Gasteiger partial charge in [-0.25, -0.2) is 4.98 Å². The molecule has 2 rings (SSSR count). The predicted molar refractivity (Wildman–Crippen MR) is 73.9 cm³/mol. The van der Waals surface area contributed by atoms with Crippen molar-refractivity contribution in [3.8, 4) is 0 Å². The number of nitrogens with two attached hydrogens (primary N) is 1. The Morgan fingerprint density at radius 3 is 2.72 bits per heavy atom. The van der Waals surface area contributed by atoms with Crippen LogP contribution in [-0.2, 0) is 4.79 Å². The number of amides is 1. The van der Waals surface area contributed by atoms with Crippen molar-refractivity contribution in [2.75, 3.05) is 11.9 Å². The maximum atomic E-state index is 11.8. The average Bonchev–Trinajstić information content (AvgIpc) is 2.67. The predicted octanol–water partition coefficient (Wildman–Crippen LogP) is 1.59. The maximum absolute atomic E-state index is 11.8. The van der Waals surface area contributed by atoms with Crippen molar-refractivity contribution in [2.24, 2.45) is 0 Å². The molecule has 18 heavy (non-hydrogen) atoms. The van der Waals surface area contributed by atoms with Gasteiger partial charge >= 0.3 is 0 Å². The molecule has 0 spiro atoms. The van der Waals surface area contributed by atoms with Crippen molar-refractivity contribution in [1.82, 2.24) is 4.98 Å². The number of thiazole rings is 1. The van der Waals surface area contributed by atoms with E-state index in [1.807, 2.05) is 13.8 Å². The van der Waals surface area contributed by atoms with Crippen molar-refractivity contribution < 1.29 is 10.1 Å². The molecule has 1 amide bonds. The van der Waals surface area contributed by atoms with Crippen LogP contribution in [-0.4, -0.2) is 23.5 Å². The number of carbonyl (C=O) groups excluding carboxylic acids is 1. The van der Waals surface area contributed by atoms with Crippen molar-refractivity contribution >= 4 is 22.4 Å². The highest BCUT2D eigenvalue weighted by atomic mass is 32.1. The topological polar surface area (TPSA) is 58.6 Å². The Kier molecular flexibility index (Phi) is 4.72. The Bertz CT molecular complexity index is 391. The first-order valence-corrected chi connectivity index (χ1v) is 7.54. The molecule has 5 heteroatoms. The second-order valence-electron chi connectivity index (χ2n) is 5.05. The highest BCUT2D eigenvalue weighted by molar-refractivity contribution is 7.15. The molecular formula is C13H22N3OS+. The van der Waals surface area contributed by atoms with E-state index in [0.717, 1.165) is 10.8 Å². The summed E-state index contributed by atoms with van der Waals surface area (Å²) >= 11 is 1.55. The number of hydrogen-bond donors (Lipinski definition) is 2. The number of aryl methyl sites for hydroxylation is 2. The largest absolute Gasteiger partial charge is 0.336 e. The van der Waals surface area contributed by atoms with Crippen LogP contribution in [0, 0.1) is 13.8 Å². The molecular weight excluding hydrogens is 246 g/mol. The Hall–Kier alpha value is -0.940. The van der Waals surface area contributed by atoms with E-state index in [9.17, 15) is 4.79 Å². The third-order valence-electron chi connectivity index (χ3n) is 3.56. The molecule has 0 saturated heterocycles. The van der Waals surface area contributed by atoms with E-state index in [4.69, 9.17) is 0 Å². The first kappa shape index (κ1) is 13.5. The Morgan fingerprint density at radius 2 is 2.11 bits per heavy atom. The standard InChI is InChI=1S/C13H21N3OS/c1-9-10(2)18-13(15-9)16-12(17)8-14-11-6-4-3-5-7-11/h11,14H,3-8H2,1-2H3,(H,15,16,17)/p+1. The highest BCUT2D eigenvalue weighted by Gasteiger charge is 2.17. The van der Waals surface area contributed by atoms with Crippen LogP contribution in [0.4, 0.5) is 5.13 Å². The highest BCUT2D eigenvalue weighted by Crippen LogP contribution is 2.20. The molecule has 1 saturated carbocycles. The van der Waals surface area contributed by atoms with Gasteiger partial charge in [0.25, 0.3) is 5.91 Å². The zero-order valence-corrected chi connectivity index (χ0v) is 12.0. The smallest absolute Gasteiger partial charge is 0.281 e. The van der Waals surface area contributed by atoms with E-state index in [0.29, 0.717) is 12.6 Å². The Labute approximate surface area is 112 Å². The van der Waals surface area contributed by atoms with E-state index >= 15 is 0 Å². The summed E-state index contributed by atoms with van der Waals surface area (Å²) in [7, 11) is 0. The minimum absolute atomic E-state index is 0.0642. The van der Waals surface area contributed by atoms with E-state index < -0.39 is 0 Å². The third kappa shape index (κ3) is 3.78. The summed E-state index contributed by atoms with van der Waals surface area (Å²) < 4.78 is 0. The van der Waals surface area contributed by atoms with Crippen LogP contribution in [0.3, 0.4) is 0 Å². The Morgan fingerprint density at radius 1 is 1.39 bits per heavy atom. The lowest BCUT2D eigenvalue weighted by atomic mass is 9.95. The molecule has 4 nitrogen and oxygen atoms in total. The lowest BCUT2D eigenvalue weighted by molar-refractivity contribution is -0.681. The number of aromatic nitrogens is 1. The number of nitrogens with zero attached hydrogens (tertiary/aromatic N) is 1. The molecule has 0 bridgehead atoms.